The van der Waals surface area contributed by atoms with Crippen LogP contribution in [0.25, 0.3) is 0 Å². The number of nitrogens with one attached hydrogen (secondary N) is 1. The number of nitrogens with zero attached hydrogens (tertiary/aromatic N) is 1. The second-order valence-electron chi connectivity index (χ2n) is 7.07. The van der Waals surface area contributed by atoms with Gasteiger partial charge in [-0.3, -0.25) is 4.79 Å². The third-order valence-electron chi connectivity index (χ3n) is 4.98. The number of piperidine rings is 1. The Morgan fingerprint density at radius 3 is 2.34 bits per heavy atom. The van der Waals surface area contributed by atoms with Crippen LogP contribution in [0.5, 0.6) is 5.75 Å². The highest BCUT2D eigenvalue weighted by Crippen LogP contribution is 2.32. The average Bonchev–Trinajstić information content (AvgIpc) is 2.74. The first kappa shape index (κ1) is 23.9. The maximum absolute atomic E-state index is 12.9. The van der Waals surface area contributed by atoms with Gasteiger partial charge in [-0.1, -0.05) is 18.2 Å². The van der Waals surface area contributed by atoms with Crippen LogP contribution in [0.15, 0.2) is 53.4 Å². The van der Waals surface area contributed by atoms with Gasteiger partial charge in [-0.2, -0.15) is 26.3 Å². The molecule has 1 aliphatic rings. The molecule has 0 aromatic heterocycles. The highest BCUT2D eigenvalue weighted by Gasteiger charge is 2.35. The molecular weight excluding hydrogens is 459 g/mol. The molecule has 0 spiro atoms. The number of rotatable bonds is 6. The van der Waals surface area contributed by atoms with Gasteiger partial charge in [-0.25, -0.2) is 8.42 Å². The van der Waals surface area contributed by atoms with Crippen molar-refractivity contribution in [2.24, 2.45) is 5.92 Å². The van der Waals surface area contributed by atoms with Crippen LogP contribution >= 0.6 is 0 Å². The van der Waals surface area contributed by atoms with Crippen molar-refractivity contribution >= 4 is 21.6 Å². The van der Waals surface area contributed by atoms with Gasteiger partial charge in [0.05, 0.1) is 16.1 Å². The van der Waals surface area contributed by atoms with Crippen molar-refractivity contribution in [3.63, 3.8) is 0 Å². The molecule has 0 saturated carbocycles. The first-order valence-electron chi connectivity index (χ1n) is 9.50. The fraction of sp³-hybridized carbons (Fsp3) is 0.350. The molecule has 0 aliphatic carbocycles. The Morgan fingerprint density at radius 1 is 1.06 bits per heavy atom. The van der Waals surface area contributed by atoms with Crippen LogP contribution in [-0.2, 0) is 21.0 Å². The van der Waals surface area contributed by atoms with E-state index in [0.29, 0.717) is 6.07 Å². The van der Waals surface area contributed by atoms with Crippen LogP contribution in [0.4, 0.5) is 27.6 Å². The summed E-state index contributed by atoms with van der Waals surface area (Å²) in [5.74, 6) is -1.31. The summed E-state index contributed by atoms with van der Waals surface area (Å²) in [5, 5.41) is 2.50. The minimum atomic E-state index is -4.68. The van der Waals surface area contributed by atoms with Gasteiger partial charge in [0.15, 0.2) is 0 Å². The molecule has 12 heteroatoms. The lowest BCUT2D eigenvalue weighted by atomic mass is 9.97. The molecule has 3 rings (SSSR count). The van der Waals surface area contributed by atoms with Crippen molar-refractivity contribution < 1.29 is 39.9 Å². The zero-order valence-electron chi connectivity index (χ0n) is 16.5. The monoisotopic (exact) mass is 478 g/mol. The van der Waals surface area contributed by atoms with Crippen molar-refractivity contribution in [1.82, 2.24) is 4.31 Å². The standard InChI is InChI=1S/C20H19F5N2O4S/c21-19(22)31-17-7-2-1-6-16(17)26-18(28)13-8-10-27(11-9-13)32(29,30)15-5-3-4-14(12-15)20(23,24)25/h1-7,12-13,19H,8-11H2,(H,26,28). The molecule has 0 bridgehead atoms. The Morgan fingerprint density at radius 2 is 1.72 bits per heavy atom. The van der Waals surface area contributed by atoms with Crippen molar-refractivity contribution in [2.75, 3.05) is 18.4 Å². The number of benzene rings is 2. The van der Waals surface area contributed by atoms with Gasteiger partial charge in [0.2, 0.25) is 15.9 Å². The number of hydrogen-bond donors (Lipinski definition) is 1. The van der Waals surface area contributed by atoms with E-state index in [0.717, 1.165) is 22.5 Å². The minimum Gasteiger partial charge on any atom is -0.433 e. The highest BCUT2D eigenvalue weighted by atomic mass is 32.2. The number of ether oxygens (including phenoxy) is 1. The van der Waals surface area contributed by atoms with Crippen LogP contribution < -0.4 is 10.1 Å². The normalized spacial score (nSPS) is 16.2. The van der Waals surface area contributed by atoms with Crippen molar-refractivity contribution in [1.29, 1.82) is 0 Å². The summed E-state index contributed by atoms with van der Waals surface area (Å²) >= 11 is 0. The van der Waals surface area contributed by atoms with E-state index in [2.05, 4.69) is 10.1 Å². The van der Waals surface area contributed by atoms with E-state index in [9.17, 15) is 35.2 Å². The molecule has 1 aliphatic heterocycles. The van der Waals surface area contributed by atoms with Crippen LogP contribution in [0.1, 0.15) is 18.4 Å². The molecule has 2 aromatic carbocycles. The number of anilines is 1. The van der Waals surface area contributed by atoms with E-state index in [4.69, 9.17) is 0 Å². The van der Waals surface area contributed by atoms with Crippen molar-refractivity contribution in [3.05, 3.63) is 54.1 Å². The quantitative estimate of drug-likeness (QED) is 0.627. The molecule has 1 saturated heterocycles. The van der Waals surface area contributed by atoms with Crippen molar-refractivity contribution in [3.8, 4) is 5.75 Å². The Bertz CT molecular complexity index is 1070. The Balaban J connectivity index is 1.66. The fourth-order valence-corrected chi connectivity index (χ4v) is 4.86. The SMILES string of the molecule is O=C(Nc1ccccc1OC(F)F)C1CCN(S(=O)(=O)c2cccc(C(F)(F)F)c2)CC1. The van der Waals surface area contributed by atoms with E-state index in [-0.39, 0.29) is 37.4 Å². The summed E-state index contributed by atoms with van der Waals surface area (Å²) in [4.78, 5) is 12.1. The molecule has 32 heavy (non-hydrogen) atoms. The fourth-order valence-electron chi connectivity index (χ4n) is 3.34. The van der Waals surface area contributed by atoms with Gasteiger partial charge in [-0.05, 0) is 43.2 Å². The maximum Gasteiger partial charge on any atom is 0.416 e. The average molecular weight is 478 g/mol. The van der Waals surface area contributed by atoms with Gasteiger partial charge in [-0.15, -0.1) is 0 Å². The maximum atomic E-state index is 12.9. The van der Waals surface area contributed by atoms with E-state index >= 15 is 0 Å². The third kappa shape index (κ3) is 5.54. The molecule has 0 unspecified atom stereocenters. The predicted molar refractivity (Wildman–Crippen MR) is 105 cm³/mol. The minimum absolute atomic E-state index is 0.0526. The summed E-state index contributed by atoms with van der Waals surface area (Å²) in [6, 6.07) is 9.12. The van der Waals surface area contributed by atoms with Gasteiger partial charge in [0, 0.05) is 19.0 Å². The molecule has 1 heterocycles. The second-order valence-corrected chi connectivity index (χ2v) is 9.01. The number of halogens is 5. The van der Waals surface area contributed by atoms with Crippen molar-refractivity contribution in [2.45, 2.75) is 30.5 Å². The highest BCUT2D eigenvalue weighted by molar-refractivity contribution is 7.89. The lowest BCUT2D eigenvalue weighted by molar-refractivity contribution is -0.137. The number of amides is 1. The summed E-state index contributed by atoms with van der Waals surface area (Å²) in [6.07, 6.45) is -4.45. The van der Waals surface area contributed by atoms with E-state index in [1.54, 1.807) is 0 Å². The van der Waals surface area contributed by atoms with Gasteiger partial charge >= 0.3 is 12.8 Å². The number of alkyl halides is 5. The summed E-state index contributed by atoms with van der Waals surface area (Å²) in [7, 11) is -4.17. The van der Waals surface area contributed by atoms with E-state index in [1.807, 2.05) is 0 Å². The molecule has 1 fully saturated rings. The smallest absolute Gasteiger partial charge is 0.416 e. The zero-order chi connectivity index (χ0) is 23.5. The lowest BCUT2D eigenvalue weighted by Gasteiger charge is -2.30. The molecule has 0 atom stereocenters. The first-order valence-corrected chi connectivity index (χ1v) is 10.9. The number of carbonyl (C=O) groups is 1. The molecule has 1 amide bonds. The number of para-hydroxylation sites is 2. The predicted octanol–water partition coefficient (Wildman–Crippen LogP) is 4.35. The summed E-state index contributed by atoms with van der Waals surface area (Å²) in [5.41, 5.74) is -1.02. The number of sulfonamides is 1. The molecule has 0 radical (unpaired) electrons. The third-order valence-corrected chi connectivity index (χ3v) is 6.88. The van der Waals surface area contributed by atoms with Gasteiger partial charge < -0.3 is 10.1 Å². The van der Waals surface area contributed by atoms with Crippen LogP contribution in [0, 0.1) is 5.92 Å². The second kappa shape index (κ2) is 9.41. The zero-order valence-corrected chi connectivity index (χ0v) is 17.3. The first-order chi connectivity index (χ1) is 15.0. The molecular formula is C20H19F5N2O4S. The molecule has 2 aromatic rings. The van der Waals surface area contributed by atoms with Crippen LogP contribution in [0.3, 0.4) is 0 Å². The number of hydrogen-bond acceptors (Lipinski definition) is 4. The Labute approximate surface area is 181 Å². The molecule has 174 valence electrons. The van der Waals surface area contributed by atoms with Crippen LogP contribution in [0.2, 0.25) is 0 Å². The molecule has 1 N–H and O–H groups in total. The summed E-state index contributed by atoms with van der Waals surface area (Å²) < 4.78 is 94.7. The Kier molecular flexibility index (Phi) is 7.03. The van der Waals surface area contributed by atoms with Gasteiger partial charge in [0.25, 0.3) is 0 Å². The topological polar surface area (TPSA) is 75.7 Å². The lowest BCUT2D eigenvalue weighted by Crippen LogP contribution is -2.41. The largest absolute Gasteiger partial charge is 0.433 e. The van der Waals surface area contributed by atoms with Gasteiger partial charge in [0.1, 0.15) is 5.75 Å². The molecule has 6 nitrogen and oxygen atoms in total. The van der Waals surface area contributed by atoms with Crippen LogP contribution in [-0.4, -0.2) is 38.3 Å². The number of carbonyl (C=O) groups excluding carboxylic acids is 1. The Hall–Kier alpha value is -2.73. The summed E-state index contributed by atoms with van der Waals surface area (Å²) in [6.45, 7) is -3.23. The van der Waals surface area contributed by atoms with E-state index in [1.165, 1.54) is 24.3 Å². The van der Waals surface area contributed by atoms with E-state index < -0.39 is 45.1 Å².